The number of carboxylic acids is 1. The summed E-state index contributed by atoms with van der Waals surface area (Å²) in [6, 6.07) is 8.58. The maximum atomic E-state index is 12.5. The van der Waals surface area contributed by atoms with Crippen LogP contribution in [0.1, 0.15) is 23.0 Å². The molecule has 1 aromatic heterocycles. The summed E-state index contributed by atoms with van der Waals surface area (Å²) in [6.07, 6.45) is 0.0934. The summed E-state index contributed by atoms with van der Waals surface area (Å²) < 4.78 is 21.2. The fourth-order valence-electron chi connectivity index (χ4n) is 2.84. The fraction of sp³-hybridized carbons (Fsp3) is 0.190. The predicted octanol–water partition coefficient (Wildman–Crippen LogP) is 2.97. The Morgan fingerprint density at radius 3 is 2.58 bits per heavy atom. The van der Waals surface area contributed by atoms with Gasteiger partial charge >= 0.3 is 11.9 Å². The second-order valence-corrected chi connectivity index (χ2v) is 6.61. The van der Waals surface area contributed by atoms with Crippen molar-refractivity contribution in [3.05, 3.63) is 57.8 Å². The molecule has 0 spiro atoms. The SMILES string of the molecule is COc1cccc(/C=N\NC(=O)c2cc3cc([N+](=O)[O-])cc(OC)c3o2)c1O[C@@H](C)C(=O)O. The summed E-state index contributed by atoms with van der Waals surface area (Å²) in [5, 5.41) is 24.3. The number of carboxylic acid groups (broad SMARTS) is 1. The molecule has 0 unspecified atom stereocenters. The third-order valence-electron chi connectivity index (χ3n) is 4.46. The van der Waals surface area contributed by atoms with E-state index in [1.165, 1.54) is 45.6 Å². The van der Waals surface area contributed by atoms with Crippen molar-refractivity contribution in [1.82, 2.24) is 5.43 Å². The van der Waals surface area contributed by atoms with Crippen molar-refractivity contribution in [3.63, 3.8) is 0 Å². The van der Waals surface area contributed by atoms with E-state index in [-0.39, 0.29) is 34.3 Å². The smallest absolute Gasteiger partial charge is 0.344 e. The molecule has 2 aromatic carbocycles. The molecule has 2 N–H and O–H groups in total. The summed E-state index contributed by atoms with van der Waals surface area (Å²) in [5.41, 5.74) is 2.58. The van der Waals surface area contributed by atoms with Crippen LogP contribution in [0.2, 0.25) is 0 Å². The number of nitro benzene ring substituents is 1. The summed E-state index contributed by atoms with van der Waals surface area (Å²) in [4.78, 5) is 34.1. The zero-order valence-electron chi connectivity index (χ0n) is 17.7. The molecule has 1 heterocycles. The number of hydrogen-bond donors (Lipinski definition) is 2. The number of hydrogen-bond acceptors (Lipinski definition) is 9. The molecule has 1 amide bonds. The van der Waals surface area contributed by atoms with Crippen LogP contribution in [0.4, 0.5) is 5.69 Å². The molecular weight excluding hydrogens is 438 g/mol. The molecule has 0 fully saturated rings. The lowest BCUT2D eigenvalue weighted by atomic mass is 10.2. The average molecular weight is 457 g/mol. The number of nitro groups is 1. The van der Waals surface area contributed by atoms with Crippen LogP contribution in [0, 0.1) is 10.1 Å². The molecule has 0 saturated heterocycles. The van der Waals surface area contributed by atoms with E-state index in [9.17, 15) is 19.7 Å². The minimum atomic E-state index is -1.17. The number of fused-ring (bicyclic) bond motifs is 1. The number of para-hydroxylation sites is 1. The minimum Gasteiger partial charge on any atom is -0.493 e. The first-order valence-electron chi connectivity index (χ1n) is 9.41. The van der Waals surface area contributed by atoms with E-state index in [1.807, 2.05) is 0 Å². The van der Waals surface area contributed by atoms with Gasteiger partial charge in [-0.1, -0.05) is 6.07 Å². The van der Waals surface area contributed by atoms with Crippen LogP contribution in [-0.4, -0.2) is 48.4 Å². The Hall–Kier alpha value is -4.61. The van der Waals surface area contributed by atoms with Gasteiger partial charge in [-0.15, -0.1) is 0 Å². The molecule has 0 saturated carbocycles. The number of carbonyl (C=O) groups is 2. The van der Waals surface area contributed by atoms with E-state index in [0.29, 0.717) is 10.9 Å². The van der Waals surface area contributed by atoms with E-state index in [4.69, 9.17) is 23.7 Å². The van der Waals surface area contributed by atoms with Gasteiger partial charge in [0, 0.05) is 17.0 Å². The number of nitrogens with zero attached hydrogens (tertiary/aromatic N) is 2. The summed E-state index contributed by atoms with van der Waals surface area (Å²) in [6.45, 7) is 1.36. The van der Waals surface area contributed by atoms with Crippen molar-refractivity contribution >= 4 is 34.7 Å². The van der Waals surface area contributed by atoms with Crippen LogP contribution >= 0.6 is 0 Å². The van der Waals surface area contributed by atoms with Crippen molar-refractivity contribution in [2.24, 2.45) is 5.10 Å². The molecule has 0 aliphatic heterocycles. The van der Waals surface area contributed by atoms with Gasteiger partial charge in [0.15, 0.2) is 34.7 Å². The summed E-state index contributed by atoms with van der Waals surface area (Å²) in [5.74, 6) is -1.53. The first kappa shape index (κ1) is 23.1. The Balaban J connectivity index is 1.84. The summed E-state index contributed by atoms with van der Waals surface area (Å²) >= 11 is 0. The highest BCUT2D eigenvalue weighted by Gasteiger charge is 2.20. The molecule has 0 aliphatic carbocycles. The largest absolute Gasteiger partial charge is 0.493 e. The normalized spacial score (nSPS) is 11.8. The third kappa shape index (κ3) is 5.01. The van der Waals surface area contributed by atoms with Crippen molar-refractivity contribution in [1.29, 1.82) is 0 Å². The van der Waals surface area contributed by atoms with Gasteiger partial charge in [-0.2, -0.15) is 5.10 Å². The van der Waals surface area contributed by atoms with E-state index < -0.39 is 22.9 Å². The topological polar surface area (TPSA) is 163 Å². The molecule has 0 radical (unpaired) electrons. The second-order valence-electron chi connectivity index (χ2n) is 6.61. The highest BCUT2D eigenvalue weighted by atomic mass is 16.6. The van der Waals surface area contributed by atoms with E-state index in [0.717, 1.165) is 0 Å². The number of furan rings is 1. The van der Waals surface area contributed by atoms with Gasteiger partial charge in [-0.3, -0.25) is 14.9 Å². The molecule has 12 heteroatoms. The van der Waals surface area contributed by atoms with Gasteiger partial charge in [-0.25, -0.2) is 10.2 Å². The van der Waals surface area contributed by atoms with Crippen LogP contribution in [0.25, 0.3) is 11.0 Å². The number of aliphatic carboxylic acids is 1. The van der Waals surface area contributed by atoms with Crippen LogP contribution in [0.15, 0.2) is 45.9 Å². The number of methoxy groups -OCH3 is 2. The van der Waals surface area contributed by atoms with Crippen LogP contribution in [0.5, 0.6) is 17.2 Å². The van der Waals surface area contributed by atoms with Crippen LogP contribution in [0.3, 0.4) is 0 Å². The highest BCUT2D eigenvalue weighted by Crippen LogP contribution is 2.33. The number of rotatable bonds is 9. The van der Waals surface area contributed by atoms with Crippen LogP contribution < -0.4 is 19.6 Å². The first-order valence-corrected chi connectivity index (χ1v) is 9.41. The Morgan fingerprint density at radius 1 is 1.21 bits per heavy atom. The number of nitrogens with one attached hydrogen (secondary N) is 1. The number of benzene rings is 2. The zero-order chi connectivity index (χ0) is 24.1. The number of ether oxygens (including phenoxy) is 3. The molecule has 0 bridgehead atoms. The average Bonchev–Trinajstić information content (AvgIpc) is 3.23. The third-order valence-corrected chi connectivity index (χ3v) is 4.46. The number of hydrazone groups is 1. The van der Waals surface area contributed by atoms with E-state index in [1.54, 1.807) is 18.2 Å². The van der Waals surface area contributed by atoms with Crippen molar-refractivity contribution in [2.45, 2.75) is 13.0 Å². The van der Waals surface area contributed by atoms with E-state index in [2.05, 4.69) is 10.5 Å². The molecule has 172 valence electrons. The minimum absolute atomic E-state index is 0.104. The molecule has 1 atom stereocenters. The molecule has 3 rings (SSSR count). The van der Waals surface area contributed by atoms with E-state index >= 15 is 0 Å². The second kappa shape index (κ2) is 9.68. The van der Waals surface area contributed by atoms with Crippen LogP contribution in [-0.2, 0) is 4.79 Å². The monoisotopic (exact) mass is 457 g/mol. The number of amides is 1. The van der Waals surface area contributed by atoms with Gasteiger partial charge in [0.1, 0.15) is 0 Å². The number of non-ortho nitro benzene ring substituents is 1. The first-order chi connectivity index (χ1) is 15.7. The maximum absolute atomic E-state index is 12.5. The lowest BCUT2D eigenvalue weighted by molar-refractivity contribution is -0.384. The lowest BCUT2D eigenvalue weighted by Crippen LogP contribution is -2.23. The zero-order valence-corrected chi connectivity index (χ0v) is 17.7. The molecule has 3 aromatic rings. The Bertz CT molecular complexity index is 1250. The molecule has 0 aliphatic rings. The maximum Gasteiger partial charge on any atom is 0.344 e. The van der Waals surface area contributed by atoms with Crippen molar-refractivity contribution in [2.75, 3.05) is 14.2 Å². The van der Waals surface area contributed by atoms with Gasteiger partial charge in [0.2, 0.25) is 0 Å². The number of carbonyl (C=O) groups excluding carboxylic acids is 1. The van der Waals surface area contributed by atoms with Gasteiger partial charge in [0.25, 0.3) is 5.69 Å². The Labute approximate surface area is 186 Å². The fourth-order valence-corrected chi connectivity index (χ4v) is 2.84. The Kier molecular flexibility index (Phi) is 6.77. The molecule has 33 heavy (non-hydrogen) atoms. The highest BCUT2D eigenvalue weighted by molar-refractivity contribution is 5.98. The predicted molar refractivity (Wildman–Crippen MR) is 115 cm³/mol. The standard InChI is InChI=1S/C21H19N3O9/c1-11(21(26)27)32-18-12(5-4-6-15(18)30-2)10-22-23-20(25)17-8-13-7-14(24(28)29)9-16(31-3)19(13)33-17/h4-11H,1-3H3,(H,23,25)(H,26,27)/b22-10-/t11-/m0/s1. The molecule has 12 nitrogen and oxygen atoms in total. The quantitative estimate of drug-likeness (QED) is 0.279. The van der Waals surface area contributed by atoms with Crippen molar-refractivity contribution in [3.8, 4) is 17.2 Å². The summed E-state index contributed by atoms with van der Waals surface area (Å²) in [7, 11) is 2.72. The lowest BCUT2D eigenvalue weighted by Gasteiger charge is -2.15. The Morgan fingerprint density at radius 2 is 1.94 bits per heavy atom. The van der Waals surface area contributed by atoms with Gasteiger partial charge in [-0.05, 0) is 25.1 Å². The molecular formula is C21H19N3O9. The van der Waals surface area contributed by atoms with Gasteiger partial charge < -0.3 is 23.7 Å². The van der Waals surface area contributed by atoms with Gasteiger partial charge in [0.05, 0.1) is 31.4 Å². The van der Waals surface area contributed by atoms with Crippen molar-refractivity contribution < 1.29 is 38.2 Å².